The Labute approximate surface area is 177 Å². The highest BCUT2D eigenvalue weighted by Crippen LogP contribution is 2.24. The van der Waals surface area contributed by atoms with E-state index in [0.29, 0.717) is 31.2 Å². The van der Waals surface area contributed by atoms with Gasteiger partial charge in [0.25, 0.3) is 0 Å². The SMILES string of the molecule is COc1ccc(Cc2nnc(NC(=O)N3CCOC(c4ccc(F)cc4)C3)s2)cc1. The summed E-state index contributed by atoms with van der Waals surface area (Å²) in [4.78, 5) is 14.3. The highest BCUT2D eigenvalue weighted by atomic mass is 32.1. The average Bonchev–Trinajstić information content (AvgIpc) is 3.21. The van der Waals surface area contributed by atoms with E-state index in [4.69, 9.17) is 9.47 Å². The van der Waals surface area contributed by atoms with Crippen LogP contribution >= 0.6 is 11.3 Å². The van der Waals surface area contributed by atoms with Crippen molar-refractivity contribution in [1.29, 1.82) is 0 Å². The van der Waals surface area contributed by atoms with Gasteiger partial charge in [0, 0.05) is 13.0 Å². The number of anilines is 1. The maximum Gasteiger partial charge on any atom is 0.323 e. The van der Waals surface area contributed by atoms with E-state index >= 15 is 0 Å². The lowest BCUT2D eigenvalue weighted by Gasteiger charge is -2.32. The highest BCUT2D eigenvalue weighted by Gasteiger charge is 2.26. The summed E-state index contributed by atoms with van der Waals surface area (Å²) < 4.78 is 24.0. The van der Waals surface area contributed by atoms with Crippen LogP contribution in [0.3, 0.4) is 0 Å². The minimum Gasteiger partial charge on any atom is -0.497 e. The molecule has 156 valence electrons. The zero-order chi connectivity index (χ0) is 20.9. The number of benzene rings is 2. The summed E-state index contributed by atoms with van der Waals surface area (Å²) in [6, 6.07) is 13.6. The molecule has 1 atom stereocenters. The number of nitrogens with zero attached hydrogens (tertiary/aromatic N) is 3. The molecule has 0 radical (unpaired) electrons. The molecule has 0 saturated carbocycles. The second-order valence-corrected chi connectivity index (χ2v) is 7.88. The average molecular weight is 428 g/mol. The van der Waals surface area contributed by atoms with Crippen LogP contribution in [0.4, 0.5) is 14.3 Å². The predicted octanol–water partition coefficient (Wildman–Crippen LogP) is 3.88. The van der Waals surface area contributed by atoms with Crippen molar-refractivity contribution in [2.75, 3.05) is 32.1 Å². The number of aromatic nitrogens is 2. The van der Waals surface area contributed by atoms with Gasteiger partial charge in [-0.2, -0.15) is 0 Å². The van der Waals surface area contributed by atoms with Gasteiger partial charge in [-0.05, 0) is 35.4 Å². The zero-order valence-corrected chi connectivity index (χ0v) is 17.2. The molecular formula is C21H21FN4O3S. The molecule has 2 amide bonds. The number of urea groups is 1. The molecule has 1 saturated heterocycles. The smallest absolute Gasteiger partial charge is 0.323 e. The van der Waals surface area contributed by atoms with Gasteiger partial charge in [-0.25, -0.2) is 9.18 Å². The molecule has 1 unspecified atom stereocenters. The molecule has 3 aromatic rings. The maximum absolute atomic E-state index is 13.1. The van der Waals surface area contributed by atoms with E-state index in [1.54, 1.807) is 24.1 Å². The Balaban J connectivity index is 1.34. The molecule has 0 bridgehead atoms. The first-order valence-electron chi connectivity index (χ1n) is 9.49. The number of amides is 2. The molecule has 2 heterocycles. The molecule has 1 N–H and O–H groups in total. The molecule has 1 aliphatic heterocycles. The molecule has 0 spiro atoms. The van der Waals surface area contributed by atoms with Gasteiger partial charge in [0.05, 0.1) is 20.3 Å². The molecule has 1 aromatic heterocycles. The summed E-state index contributed by atoms with van der Waals surface area (Å²) >= 11 is 1.34. The third kappa shape index (κ3) is 4.92. The van der Waals surface area contributed by atoms with Crippen molar-refractivity contribution in [3.05, 3.63) is 70.5 Å². The number of nitrogens with one attached hydrogen (secondary N) is 1. The Hall–Kier alpha value is -3.04. The first-order valence-corrected chi connectivity index (χ1v) is 10.3. The summed E-state index contributed by atoms with van der Waals surface area (Å²) in [6.45, 7) is 1.27. The standard InChI is InChI=1S/C21H21FN4O3S/c1-28-17-8-2-14(3-9-17)12-19-24-25-20(30-19)23-21(27)26-10-11-29-18(13-26)15-4-6-16(22)7-5-15/h2-9,18H,10-13H2,1H3,(H,23,25,27). The molecule has 30 heavy (non-hydrogen) atoms. The van der Waals surface area contributed by atoms with Gasteiger partial charge < -0.3 is 14.4 Å². The van der Waals surface area contributed by atoms with Crippen molar-refractivity contribution >= 4 is 22.5 Å². The van der Waals surface area contributed by atoms with E-state index in [9.17, 15) is 9.18 Å². The highest BCUT2D eigenvalue weighted by molar-refractivity contribution is 7.15. The molecular weight excluding hydrogens is 407 g/mol. The van der Waals surface area contributed by atoms with Crippen LogP contribution in [0.1, 0.15) is 22.2 Å². The number of rotatable bonds is 5. The van der Waals surface area contributed by atoms with Crippen LogP contribution in [-0.2, 0) is 11.2 Å². The fourth-order valence-corrected chi connectivity index (χ4v) is 3.94. The number of halogens is 1. The number of ether oxygens (including phenoxy) is 2. The van der Waals surface area contributed by atoms with Crippen LogP contribution in [0, 0.1) is 5.82 Å². The minimum atomic E-state index is -0.300. The van der Waals surface area contributed by atoms with Gasteiger partial charge >= 0.3 is 6.03 Å². The number of methoxy groups -OCH3 is 1. The van der Waals surface area contributed by atoms with Gasteiger partial charge in [0.2, 0.25) is 5.13 Å². The topological polar surface area (TPSA) is 76.6 Å². The summed E-state index contributed by atoms with van der Waals surface area (Å²) in [5, 5.41) is 12.3. The van der Waals surface area contributed by atoms with Crippen LogP contribution in [-0.4, -0.2) is 47.9 Å². The van der Waals surface area contributed by atoms with Crippen molar-refractivity contribution in [3.8, 4) is 5.75 Å². The van der Waals surface area contributed by atoms with E-state index in [1.807, 2.05) is 24.3 Å². The Bertz CT molecular complexity index is 994. The Morgan fingerprint density at radius 3 is 2.73 bits per heavy atom. The predicted molar refractivity (Wildman–Crippen MR) is 111 cm³/mol. The minimum absolute atomic E-state index is 0.252. The van der Waals surface area contributed by atoms with Gasteiger partial charge in [0.15, 0.2) is 0 Å². The number of carbonyl (C=O) groups excluding carboxylic acids is 1. The summed E-state index contributed by atoms with van der Waals surface area (Å²) in [7, 11) is 1.63. The molecule has 1 fully saturated rings. The lowest BCUT2D eigenvalue weighted by Crippen LogP contribution is -2.44. The van der Waals surface area contributed by atoms with E-state index in [1.165, 1.54) is 23.5 Å². The second kappa shape index (κ2) is 9.19. The largest absolute Gasteiger partial charge is 0.497 e. The molecule has 0 aliphatic carbocycles. The number of hydrogen-bond acceptors (Lipinski definition) is 6. The normalized spacial score (nSPS) is 16.3. The Morgan fingerprint density at radius 1 is 1.23 bits per heavy atom. The first kappa shape index (κ1) is 20.2. The van der Waals surface area contributed by atoms with Crippen LogP contribution in [0.5, 0.6) is 5.75 Å². The summed E-state index contributed by atoms with van der Waals surface area (Å²) in [6.07, 6.45) is 0.340. The lowest BCUT2D eigenvalue weighted by atomic mass is 10.1. The van der Waals surface area contributed by atoms with Crippen LogP contribution in [0.25, 0.3) is 0 Å². The number of hydrogen-bond donors (Lipinski definition) is 1. The Kier molecular flexibility index (Phi) is 6.20. The number of carbonyl (C=O) groups is 1. The third-order valence-electron chi connectivity index (χ3n) is 4.79. The fourth-order valence-electron chi connectivity index (χ4n) is 3.18. The molecule has 7 nitrogen and oxygen atoms in total. The van der Waals surface area contributed by atoms with E-state index in [0.717, 1.165) is 21.9 Å². The Morgan fingerprint density at radius 2 is 2.00 bits per heavy atom. The van der Waals surface area contributed by atoms with E-state index in [2.05, 4.69) is 15.5 Å². The maximum atomic E-state index is 13.1. The summed E-state index contributed by atoms with van der Waals surface area (Å²) in [5.74, 6) is 0.499. The molecule has 1 aliphatic rings. The second-order valence-electron chi connectivity index (χ2n) is 6.81. The third-order valence-corrected chi connectivity index (χ3v) is 5.63. The van der Waals surface area contributed by atoms with Crippen molar-refractivity contribution in [3.63, 3.8) is 0 Å². The van der Waals surface area contributed by atoms with Crippen molar-refractivity contribution in [2.24, 2.45) is 0 Å². The van der Waals surface area contributed by atoms with Crippen molar-refractivity contribution in [2.45, 2.75) is 12.5 Å². The molecule has 4 rings (SSSR count). The monoisotopic (exact) mass is 428 g/mol. The van der Waals surface area contributed by atoms with Gasteiger partial charge in [-0.3, -0.25) is 5.32 Å². The molecule has 9 heteroatoms. The quantitative estimate of drug-likeness (QED) is 0.667. The number of morpholine rings is 1. The molecule has 2 aromatic carbocycles. The van der Waals surface area contributed by atoms with Gasteiger partial charge in [-0.15, -0.1) is 10.2 Å². The van der Waals surface area contributed by atoms with Crippen LogP contribution in [0.2, 0.25) is 0 Å². The van der Waals surface area contributed by atoms with Crippen molar-refractivity contribution < 1.29 is 18.7 Å². The van der Waals surface area contributed by atoms with Crippen LogP contribution < -0.4 is 10.1 Å². The first-order chi connectivity index (χ1) is 14.6. The van der Waals surface area contributed by atoms with Crippen molar-refractivity contribution in [1.82, 2.24) is 15.1 Å². The fraction of sp³-hybridized carbons (Fsp3) is 0.286. The van der Waals surface area contributed by atoms with E-state index in [-0.39, 0.29) is 18.0 Å². The zero-order valence-electron chi connectivity index (χ0n) is 16.4. The summed E-state index contributed by atoms with van der Waals surface area (Å²) in [5.41, 5.74) is 1.92. The van der Waals surface area contributed by atoms with Gasteiger partial charge in [-0.1, -0.05) is 35.6 Å². The van der Waals surface area contributed by atoms with E-state index < -0.39 is 0 Å². The van der Waals surface area contributed by atoms with Crippen LogP contribution in [0.15, 0.2) is 48.5 Å². The van der Waals surface area contributed by atoms with Gasteiger partial charge in [0.1, 0.15) is 22.7 Å². The lowest BCUT2D eigenvalue weighted by molar-refractivity contribution is -0.0135.